The number of alkyl halides is 3. The molecule has 1 aromatic rings. The number of nitrogens with one attached hydrogen (secondary N) is 1. The minimum atomic E-state index is -2.03. The second-order valence-electron chi connectivity index (χ2n) is 3.57. The minimum Gasteiger partial charge on any atom is -0.482 e. The van der Waals surface area contributed by atoms with Gasteiger partial charge in [-0.05, 0) is 31.2 Å². The molecule has 1 rings (SSSR count). The molecule has 0 fully saturated rings. The van der Waals surface area contributed by atoms with Gasteiger partial charge in [-0.1, -0.05) is 34.8 Å². The summed E-state index contributed by atoms with van der Waals surface area (Å²) in [6.07, 6.45) is 0. The van der Waals surface area contributed by atoms with Crippen LogP contribution in [0.5, 0.6) is 5.75 Å². The molecule has 0 saturated heterocycles. The number of halogens is 3. The summed E-state index contributed by atoms with van der Waals surface area (Å²) in [5.74, 6) is -0.770. The second-order valence-corrected chi connectivity index (χ2v) is 5.85. The molecule has 1 N–H and O–H groups in total. The van der Waals surface area contributed by atoms with E-state index in [0.29, 0.717) is 18.0 Å². The number of ether oxygens (including phenoxy) is 2. The Labute approximate surface area is 131 Å². The summed E-state index contributed by atoms with van der Waals surface area (Å²) in [4.78, 5) is 22.5. The van der Waals surface area contributed by atoms with Gasteiger partial charge in [0, 0.05) is 5.69 Å². The molecule has 0 bridgehead atoms. The van der Waals surface area contributed by atoms with E-state index in [1.165, 1.54) is 0 Å². The molecule has 0 aliphatic carbocycles. The third-order valence-corrected chi connectivity index (χ3v) is 2.55. The van der Waals surface area contributed by atoms with Crippen LogP contribution < -0.4 is 10.1 Å². The van der Waals surface area contributed by atoms with Gasteiger partial charge in [0.15, 0.2) is 6.61 Å². The number of carbonyl (C=O) groups is 2. The third kappa shape index (κ3) is 5.86. The van der Waals surface area contributed by atoms with Gasteiger partial charge in [-0.15, -0.1) is 0 Å². The van der Waals surface area contributed by atoms with Crippen molar-refractivity contribution in [2.24, 2.45) is 0 Å². The Bertz CT molecular complexity index is 471. The first-order valence-corrected chi connectivity index (χ1v) is 6.73. The Morgan fingerprint density at radius 2 is 1.80 bits per heavy atom. The maximum absolute atomic E-state index is 11.4. The van der Waals surface area contributed by atoms with Crippen molar-refractivity contribution in [1.29, 1.82) is 0 Å². The van der Waals surface area contributed by atoms with Crippen LogP contribution in [0, 0.1) is 0 Å². The topological polar surface area (TPSA) is 64.6 Å². The van der Waals surface area contributed by atoms with Crippen LogP contribution in [-0.2, 0) is 14.3 Å². The molecule has 0 spiro atoms. The molecule has 1 aromatic carbocycles. The third-order valence-electron chi connectivity index (χ3n) is 2.03. The van der Waals surface area contributed by atoms with Gasteiger partial charge in [-0.3, -0.25) is 4.79 Å². The minimum absolute atomic E-state index is 0.187. The van der Waals surface area contributed by atoms with Crippen molar-refractivity contribution in [3.05, 3.63) is 24.3 Å². The Morgan fingerprint density at radius 1 is 1.20 bits per heavy atom. The lowest BCUT2D eigenvalue weighted by Gasteiger charge is -2.12. The van der Waals surface area contributed by atoms with Crippen LogP contribution in [0.25, 0.3) is 0 Å². The molecule has 0 unspecified atom stereocenters. The van der Waals surface area contributed by atoms with Crippen LogP contribution in [-0.4, -0.2) is 28.9 Å². The highest BCUT2D eigenvalue weighted by atomic mass is 35.6. The van der Waals surface area contributed by atoms with Crippen molar-refractivity contribution in [2.45, 2.75) is 10.7 Å². The molecule has 0 saturated carbocycles. The molecule has 5 nitrogen and oxygen atoms in total. The zero-order valence-corrected chi connectivity index (χ0v) is 12.8. The highest BCUT2D eigenvalue weighted by Gasteiger charge is 2.30. The Balaban J connectivity index is 2.52. The number of amides is 1. The average molecular weight is 341 g/mol. The Kier molecular flexibility index (Phi) is 6.39. The van der Waals surface area contributed by atoms with Crippen molar-refractivity contribution in [3.8, 4) is 5.75 Å². The second kappa shape index (κ2) is 7.57. The predicted molar refractivity (Wildman–Crippen MR) is 77.5 cm³/mol. The first-order chi connectivity index (χ1) is 9.32. The van der Waals surface area contributed by atoms with Crippen LogP contribution in [0.15, 0.2) is 24.3 Å². The van der Waals surface area contributed by atoms with Crippen LogP contribution in [0.2, 0.25) is 0 Å². The van der Waals surface area contributed by atoms with Crippen LogP contribution in [0.4, 0.5) is 5.69 Å². The molecule has 0 aliphatic heterocycles. The van der Waals surface area contributed by atoms with Crippen LogP contribution in [0.1, 0.15) is 6.92 Å². The largest absolute Gasteiger partial charge is 0.482 e. The molecule has 0 heterocycles. The molecule has 0 aliphatic rings. The van der Waals surface area contributed by atoms with E-state index < -0.39 is 15.7 Å². The van der Waals surface area contributed by atoms with E-state index in [0.717, 1.165) is 0 Å². The number of rotatable bonds is 5. The van der Waals surface area contributed by atoms with Gasteiger partial charge in [0.25, 0.3) is 9.70 Å². The molecule has 8 heteroatoms. The predicted octanol–water partition coefficient (Wildman–Crippen LogP) is 2.94. The van der Waals surface area contributed by atoms with Crippen LogP contribution >= 0.6 is 34.8 Å². The van der Waals surface area contributed by atoms with Gasteiger partial charge in [-0.25, -0.2) is 4.79 Å². The number of anilines is 1. The van der Waals surface area contributed by atoms with Crippen molar-refractivity contribution in [2.75, 3.05) is 18.5 Å². The SMILES string of the molecule is CCOC(=O)COc1ccc(NC(=O)C(Cl)(Cl)Cl)cc1. The molecular formula is C12H12Cl3NO4. The monoisotopic (exact) mass is 339 g/mol. The standard InChI is InChI=1S/C12H12Cl3NO4/c1-2-19-10(17)7-20-9-5-3-8(4-6-9)16-11(18)12(13,14)15/h3-6H,2,7H2,1H3,(H,16,18). The smallest absolute Gasteiger partial charge is 0.344 e. The van der Waals surface area contributed by atoms with Gasteiger partial charge in [0.1, 0.15) is 5.75 Å². The van der Waals surface area contributed by atoms with Gasteiger partial charge in [0.05, 0.1) is 6.61 Å². The molecule has 20 heavy (non-hydrogen) atoms. The van der Waals surface area contributed by atoms with E-state index in [1.54, 1.807) is 31.2 Å². The van der Waals surface area contributed by atoms with E-state index in [4.69, 9.17) is 44.3 Å². The summed E-state index contributed by atoms with van der Waals surface area (Å²) in [6.45, 7) is 1.82. The first kappa shape index (κ1) is 16.9. The summed E-state index contributed by atoms with van der Waals surface area (Å²) in [5, 5.41) is 2.41. The molecule has 0 aromatic heterocycles. The molecule has 0 atom stereocenters. The zero-order chi connectivity index (χ0) is 15.2. The highest BCUT2D eigenvalue weighted by molar-refractivity contribution is 6.76. The Morgan fingerprint density at radius 3 is 2.30 bits per heavy atom. The average Bonchev–Trinajstić information content (AvgIpc) is 2.37. The van der Waals surface area contributed by atoms with E-state index >= 15 is 0 Å². The number of hydrogen-bond acceptors (Lipinski definition) is 4. The van der Waals surface area contributed by atoms with Crippen LogP contribution in [0.3, 0.4) is 0 Å². The summed E-state index contributed by atoms with van der Waals surface area (Å²) in [7, 11) is 0. The summed E-state index contributed by atoms with van der Waals surface area (Å²) in [6, 6.07) is 6.23. The zero-order valence-electron chi connectivity index (χ0n) is 10.5. The lowest BCUT2D eigenvalue weighted by Crippen LogP contribution is -2.26. The van der Waals surface area contributed by atoms with Crippen molar-refractivity contribution in [3.63, 3.8) is 0 Å². The van der Waals surface area contributed by atoms with E-state index in [9.17, 15) is 9.59 Å². The quantitative estimate of drug-likeness (QED) is 0.661. The van der Waals surface area contributed by atoms with Crippen molar-refractivity contribution in [1.82, 2.24) is 0 Å². The maximum Gasteiger partial charge on any atom is 0.344 e. The molecule has 110 valence electrons. The first-order valence-electron chi connectivity index (χ1n) is 5.59. The van der Waals surface area contributed by atoms with E-state index in [2.05, 4.69) is 5.32 Å². The lowest BCUT2D eigenvalue weighted by molar-refractivity contribution is -0.145. The summed E-state index contributed by atoms with van der Waals surface area (Å²) >= 11 is 16.3. The van der Waals surface area contributed by atoms with Gasteiger partial charge < -0.3 is 14.8 Å². The van der Waals surface area contributed by atoms with Gasteiger partial charge >= 0.3 is 5.97 Å². The summed E-state index contributed by atoms with van der Waals surface area (Å²) < 4.78 is 7.87. The number of hydrogen-bond donors (Lipinski definition) is 1. The van der Waals surface area contributed by atoms with Crippen molar-refractivity contribution >= 4 is 52.4 Å². The molecule has 0 radical (unpaired) electrons. The molecular weight excluding hydrogens is 328 g/mol. The number of esters is 1. The molecule has 1 amide bonds. The van der Waals surface area contributed by atoms with Gasteiger partial charge in [-0.2, -0.15) is 0 Å². The van der Waals surface area contributed by atoms with Crippen molar-refractivity contribution < 1.29 is 19.1 Å². The summed E-state index contributed by atoms with van der Waals surface area (Å²) in [5.41, 5.74) is 0.435. The van der Waals surface area contributed by atoms with Gasteiger partial charge in [0.2, 0.25) is 0 Å². The normalized spacial score (nSPS) is 10.8. The van der Waals surface area contributed by atoms with E-state index in [-0.39, 0.29) is 6.61 Å². The lowest BCUT2D eigenvalue weighted by atomic mass is 10.3. The number of benzene rings is 1. The number of carbonyl (C=O) groups excluding carboxylic acids is 2. The maximum atomic E-state index is 11.4. The fourth-order valence-corrected chi connectivity index (χ4v) is 1.32. The highest BCUT2D eigenvalue weighted by Crippen LogP contribution is 2.28. The fourth-order valence-electron chi connectivity index (χ4n) is 1.18. The van der Waals surface area contributed by atoms with E-state index in [1.807, 2.05) is 0 Å². The Hall–Kier alpha value is -1.17. The fraction of sp³-hybridized carbons (Fsp3) is 0.333.